The molecular weight excluding hydrogens is 330 g/mol. The van der Waals surface area contributed by atoms with Crippen molar-refractivity contribution >= 4 is 23.1 Å². The van der Waals surface area contributed by atoms with Crippen molar-refractivity contribution in [3.63, 3.8) is 0 Å². The molecule has 0 saturated heterocycles. The van der Waals surface area contributed by atoms with Crippen molar-refractivity contribution in [2.45, 2.75) is 45.4 Å². The third-order valence-corrected chi connectivity index (χ3v) is 4.71. The Bertz CT molecular complexity index is 852. The first-order chi connectivity index (χ1) is 13.3. The lowest BCUT2D eigenvalue weighted by Crippen LogP contribution is -1.97. The van der Waals surface area contributed by atoms with Gasteiger partial charge in [0.2, 0.25) is 0 Å². The van der Waals surface area contributed by atoms with Crippen LogP contribution in [0, 0.1) is 0 Å². The number of aromatic nitrogens is 1. The van der Waals surface area contributed by atoms with Crippen molar-refractivity contribution < 1.29 is 4.74 Å². The summed E-state index contributed by atoms with van der Waals surface area (Å²) in [5.41, 5.74) is 3.15. The summed E-state index contributed by atoms with van der Waals surface area (Å²) in [6, 6.07) is 20.6. The van der Waals surface area contributed by atoms with E-state index >= 15 is 0 Å². The van der Waals surface area contributed by atoms with Crippen LogP contribution in [-0.4, -0.2) is 11.6 Å². The molecule has 0 aliphatic heterocycles. The Morgan fingerprint density at radius 1 is 0.778 bits per heavy atom. The van der Waals surface area contributed by atoms with Gasteiger partial charge in [0.05, 0.1) is 17.8 Å². The Morgan fingerprint density at radius 3 is 2.41 bits per heavy atom. The molecule has 2 nitrogen and oxygen atoms in total. The van der Waals surface area contributed by atoms with E-state index in [1.165, 1.54) is 37.5 Å². The molecule has 0 fully saturated rings. The molecule has 3 rings (SSSR count). The van der Waals surface area contributed by atoms with Gasteiger partial charge in [-0.25, -0.2) is 4.98 Å². The van der Waals surface area contributed by atoms with Crippen LogP contribution >= 0.6 is 0 Å². The van der Waals surface area contributed by atoms with E-state index in [4.69, 9.17) is 4.74 Å². The van der Waals surface area contributed by atoms with Gasteiger partial charge in [-0.2, -0.15) is 0 Å². The monoisotopic (exact) mass is 359 g/mol. The lowest BCUT2D eigenvalue weighted by molar-refractivity contribution is 0.304. The van der Waals surface area contributed by atoms with Crippen molar-refractivity contribution in [3.8, 4) is 5.75 Å². The minimum absolute atomic E-state index is 0.808. The number of benzene rings is 2. The molecule has 0 N–H and O–H groups in total. The van der Waals surface area contributed by atoms with Gasteiger partial charge in [-0.15, -0.1) is 0 Å². The first-order valence-corrected chi connectivity index (χ1v) is 10.1. The molecule has 3 aromatic rings. The summed E-state index contributed by atoms with van der Waals surface area (Å²) in [6.45, 7) is 3.06. The van der Waals surface area contributed by atoms with Gasteiger partial charge >= 0.3 is 0 Å². The van der Waals surface area contributed by atoms with Crippen LogP contribution in [0.1, 0.15) is 56.7 Å². The minimum atomic E-state index is 0.808. The van der Waals surface area contributed by atoms with E-state index in [0.717, 1.165) is 35.6 Å². The van der Waals surface area contributed by atoms with E-state index < -0.39 is 0 Å². The number of hydrogen-bond donors (Lipinski definition) is 0. The van der Waals surface area contributed by atoms with E-state index in [0.29, 0.717) is 0 Å². The smallest absolute Gasteiger partial charge is 0.119 e. The second-order valence-electron chi connectivity index (χ2n) is 6.95. The van der Waals surface area contributed by atoms with Crippen LogP contribution in [0.5, 0.6) is 5.75 Å². The maximum Gasteiger partial charge on any atom is 0.119 e. The Labute approximate surface area is 162 Å². The van der Waals surface area contributed by atoms with Gasteiger partial charge in [-0.1, -0.05) is 81.5 Å². The Hall–Kier alpha value is -2.61. The molecule has 0 aliphatic carbocycles. The minimum Gasteiger partial charge on any atom is -0.494 e. The van der Waals surface area contributed by atoms with E-state index in [-0.39, 0.29) is 0 Å². The molecule has 0 unspecified atom stereocenters. The van der Waals surface area contributed by atoms with E-state index in [9.17, 15) is 0 Å². The standard InChI is InChI=1S/C25H29NO/c1-2-3-4-5-6-9-20-27-24-18-13-21(14-19-24)12-16-23-17-15-22-10-7-8-11-25(22)26-23/h7-8,10-19H,2-6,9,20H2,1H3. The van der Waals surface area contributed by atoms with Crippen molar-refractivity contribution in [1.82, 2.24) is 4.98 Å². The maximum atomic E-state index is 5.84. The van der Waals surface area contributed by atoms with Gasteiger partial charge in [0.1, 0.15) is 5.75 Å². The Kier molecular flexibility index (Phi) is 7.46. The van der Waals surface area contributed by atoms with Gasteiger partial charge in [0, 0.05) is 5.39 Å². The van der Waals surface area contributed by atoms with Gasteiger partial charge in [0.25, 0.3) is 0 Å². The molecule has 0 saturated carbocycles. The molecule has 0 aliphatic rings. The average Bonchev–Trinajstić information content (AvgIpc) is 2.72. The zero-order chi connectivity index (χ0) is 18.7. The molecule has 0 radical (unpaired) electrons. The van der Waals surface area contributed by atoms with Crippen molar-refractivity contribution in [2.75, 3.05) is 6.61 Å². The summed E-state index contributed by atoms with van der Waals surface area (Å²) in [4.78, 5) is 4.67. The highest BCUT2D eigenvalue weighted by molar-refractivity contribution is 5.80. The van der Waals surface area contributed by atoms with Crippen LogP contribution < -0.4 is 4.74 Å². The molecule has 0 bridgehead atoms. The van der Waals surface area contributed by atoms with E-state index in [2.05, 4.69) is 54.4 Å². The highest BCUT2D eigenvalue weighted by atomic mass is 16.5. The normalized spacial score (nSPS) is 11.3. The SMILES string of the molecule is CCCCCCCCOc1ccc(C=Cc2ccc3ccccc3n2)cc1. The van der Waals surface area contributed by atoms with Gasteiger partial charge in [0.15, 0.2) is 0 Å². The molecule has 0 amide bonds. The molecule has 140 valence electrons. The summed E-state index contributed by atoms with van der Waals surface area (Å²) >= 11 is 0. The van der Waals surface area contributed by atoms with Crippen LogP contribution in [-0.2, 0) is 0 Å². The molecule has 1 heterocycles. The number of pyridine rings is 1. The highest BCUT2D eigenvalue weighted by Gasteiger charge is 1.97. The number of hydrogen-bond acceptors (Lipinski definition) is 2. The molecular formula is C25H29NO. The number of unbranched alkanes of at least 4 members (excludes halogenated alkanes) is 5. The van der Waals surface area contributed by atoms with Crippen LogP contribution in [0.4, 0.5) is 0 Å². The zero-order valence-electron chi connectivity index (χ0n) is 16.2. The van der Waals surface area contributed by atoms with Crippen LogP contribution in [0.3, 0.4) is 0 Å². The zero-order valence-corrected chi connectivity index (χ0v) is 16.2. The van der Waals surface area contributed by atoms with Gasteiger partial charge in [-0.3, -0.25) is 0 Å². The molecule has 1 aromatic heterocycles. The maximum absolute atomic E-state index is 5.84. The third kappa shape index (κ3) is 6.25. The van der Waals surface area contributed by atoms with Crippen LogP contribution in [0.25, 0.3) is 23.1 Å². The molecule has 2 heteroatoms. The van der Waals surface area contributed by atoms with Gasteiger partial charge in [-0.05, 0) is 42.3 Å². The lowest BCUT2D eigenvalue weighted by Gasteiger charge is -2.06. The topological polar surface area (TPSA) is 22.1 Å². The lowest BCUT2D eigenvalue weighted by atomic mass is 10.1. The van der Waals surface area contributed by atoms with Crippen molar-refractivity contribution in [2.24, 2.45) is 0 Å². The number of para-hydroxylation sites is 1. The van der Waals surface area contributed by atoms with E-state index in [1.54, 1.807) is 0 Å². The van der Waals surface area contributed by atoms with Crippen molar-refractivity contribution in [3.05, 3.63) is 71.9 Å². The second-order valence-corrected chi connectivity index (χ2v) is 6.95. The Morgan fingerprint density at radius 2 is 1.56 bits per heavy atom. The highest BCUT2D eigenvalue weighted by Crippen LogP contribution is 2.17. The van der Waals surface area contributed by atoms with Crippen LogP contribution in [0.2, 0.25) is 0 Å². The number of ether oxygens (including phenoxy) is 1. The first kappa shape index (κ1) is 19.2. The average molecular weight is 360 g/mol. The summed E-state index contributed by atoms with van der Waals surface area (Å²) in [5, 5.41) is 1.17. The number of nitrogens with zero attached hydrogens (tertiary/aromatic N) is 1. The molecule has 0 atom stereocenters. The fourth-order valence-corrected chi connectivity index (χ4v) is 3.10. The predicted molar refractivity (Wildman–Crippen MR) is 116 cm³/mol. The Balaban J connectivity index is 1.47. The summed E-state index contributed by atoms with van der Waals surface area (Å²) in [7, 11) is 0. The summed E-state index contributed by atoms with van der Waals surface area (Å²) < 4.78 is 5.84. The predicted octanol–water partition coefficient (Wildman–Crippen LogP) is 7.14. The summed E-state index contributed by atoms with van der Waals surface area (Å²) in [6.07, 6.45) is 11.9. The molecule has 0 spiro atoms. The summed E-state index contributed by atoms with van der Waals surface area (Å²) in [5.74, 6) is 0.949. The molecule has 2 aromatic carbocycles. The first-order valence-electron chi connectivity index (χ1n) is 10.1. The molecule has 27 heavy (non-hydrogen) atoms. The van der Waals surface area contributed by atoms with Gasteiger partial charge < -0.3 is 4.74 Å². The number of rotatable bonds is 10. The third-order valence-electron chi connectivity index (χ3n) is 4.71. The largest absolute Gasteiger partial charge is 0.494 e. The number of fused-ring (bicyclic) bond motifs is 1. The van der Waals surface area contributed by atoms with Crippen molar-refractivity contribution in [1.29, 1.82) is 0 Å². The quantitative estimate of drug-likeness (QED) is 0.359. The van der Waals surface area contributed by atoms with E-state index in [1.807, 2.05) is 30.3 Å². The van der Waals surface area contributed by atoms with Crippen LogP contribution in [0.15, 0.2) is 60.7 Å². The fraction of sp³-hybridized carbons (Fsp3) is 0.320. The fourth-order valence-electron chi connectivity index (χ4n) is 3.10. The second kappa shape index (κ2) is 10.5.